The van der Waals surface area contributed by atoms with Gasteiger partial charge in [-0.1, -0.05) is 6.07 Å². The Hall–Kier alpha value is -2.19. The third-order valence-corrected chi connectivity index (χ3v) is 3.66. The number of oxazole rings is 1. The van der Waals surface area contributed by atoms with E-state index in [0.29, 0.717) is 25.3 Å². The number of ether oxygens (including phenoxy) is 2. The molecule has 1 aromatic heterocycles. The second-order valence-electron chi connectivity index (χ2n) is 4.94. The van der Waals surface area contributed by atoms with Gasteiger partial charge in [-0.3, -0.25) is 10.1 Å². The lowest BCUT2D eigenvalue weighted by atomic mass is 10.0. The monoisotopic (exact) mass is 293 g/mol. The van der Waals surface area contributed by atoms with Gasteiger partial charge in [0, 0.05) is 26.2 Å². The molecule has 1 aliphatic rings. The number of rotatable bonds is 5. The van der Waals surface area contributed by atoms with Gasteiger partial charge in [0.05, 0.1) is 18.1 Å². The lowest BCUT2D eigenvalue weighted by molar-refractivity contribution is -0.383. The van der Waals surface area contributed by atoms with Crippen molar-refractivity contribution in [3.05, 3.63) is 28.3 Å². The molecule has 0 amide bonds. The Labute approximate surface area is 120 Å². The molecule has 8 nitrogen and oxygen atoms in total. The summed E-state index contributed by atoms with van der Waals surface area (Å²) in [6.07, 6.45) is 0.775. The average molecular weight is 293 g/mol. The van der Waals surface area contributed by atoms with Crippen LogP contribution in [0.1, 0.15) is 6.42 Å². The fraction of sp³-hybridized carbons (Fsp3) is 0.462. The van der Waals surface area contributed by atoms with E-state index in [1.54, 1.807) is 19.2 Å². The summed E-state index contributed by atoms with van der Waals surface area (Å²) in [5.74, 6) is 0. The lowest BCUT2D eigenvalue weighted by Gasteiger charge is -2.25. The van der Waals surface area contributed by atoms with Crippen LogP contribution in [0.2, 0.25) is 0 Å². The molecule has 2 heterocycles. The fourth-order valence-electron chi connectivity index (χ4n) is 2.35. The number of fused-ring (bicyclic) bond motifs is 1. The van der Waals surface area contributed by atoms with Crippen molar-refractivity contribution in [3.8, 4) is 0 Å². The number of hydrogen-bond acceptors (Lipinski definition) is 7. The fourth-order valence-corrected chi connectivity index (χ4v) is 2.35. The number of nitro benzene ring substituents is 1. The number of non-ortho nitro benzene ring substituents is 1. The maximum Gasteiger partial charge on any atom is 0.298 e. The lowest BCUT2D eigenvalue weighted by Crippen LogP contribution is -2.39. The SMILES string of the molecule is COC1(CNc2nc3c([N+](=O)[O-])cccc3o2)CCOC1. The van der Waals surface area contributed by atoms with Gasteiger partial charge in [0.15, 0.2) is 11.1 Å². The van der Waals surface area contributed by atoms with Crippen molar-refractivity contribution in [2.24, 2.45) is 0 Å². The first-order valence-corrected chi connectivity index (χ1v) is 6.54. The minimum atomic E-state index is -0.476. The normalized spacial score (nSPS) is 21.8. The van der Waals surface area contributed by atoms with Crippen molar-refractivity contribution in [1.82, 2.24) is 4.98 Å². The zero-order valence-corrected chi connectivity index (χ0v) is 11.5. The molecule has 21 heavy (non-hydrogen) atoms. The molecule has 1 saturated heterocycles. The number of benzene rings is 1. The molecule has 0 bridgehead atoms. The third-order valence-electron chi connectivity index (χ3n) is 3.66. The van der Waals surface area contributed by atoms with Crippen LogP contribution in [0.4, 0.5) is 11.7 Å². The van der Waals surface area contributed by atoms with Crippen LogP contribution in [0.15, 0.2) is 22.6 Å². The van der Waals surface area contributed by atoms with Gasteiger partial charge < -0.3 is 19.2 Å². The number of nitrogens with zero attached hydrogens (tertiary/aromatic N) is 2. The van der Waals surface area contributed by atoms with E-state index in [2.05, 4.69) is 10.3 Å². The zero-order chi connectivity index (χ0) is 14.9. The van der Waals surface area contributed by atoms with Gasteiger partial charge in [-0.15, -0.1) is 0 Å². The molecule has 1 atom stereocenters. The van der Waals surface area contributed by atoms with Crippen molar-refractivity contribution in [3.63, 3.8) is 0 Å². The Morgan fingerprint density at radius 1 is 1.57 bits per heavy atom. The molecule has 0 saturated carbocycles. The van der Waals surface area contributed by atoms with Gasteiger partial charge in [-0.25, -0.2) is 0 Å². The zero-order valence-electron chi connectivity index (χ0n) is 11.5. The van der Waals surface area contributed by atoms with Gasteiger partial charge in [0.2, 0.25) is 0 Å². The summed E-state index contributed by atoms with van der Waals surface area (Å²) in [4.78, 5) is 14.6. The number of hydrogen-bond donors (Lipinski definition) is 1. The maximum absolute atomic E-state index is 11.0. The standard InChI is InChI=1S/C13H15N3O5/c1-19-13(5-6-20-8-13)7-14-12-15-11-9(16(17)18)3-2-4-10(11)21-12/h2-4H,5-8H2,1H3,(H,14,15). The average Bonchev–Trinajstić information content (AvgIpc) is 3.11. The van der Waals surface area contributed by atoms with Gasteiger partial charge >= 0.3 is 0 Å². The topological polar surface area (TPSA) is 99.7 Å². The minimum absolute atomic E-state index is 0.0741. The molecule has 8 heteroatoms. The summed E-state index contributed by atoms with van der Waals surface area (Å²) < 4.78 is 16.3. The molecular formula is C13H15N3O5. The van der Waals surface area contributed by atoms with E-state index in [-0.39, 0.29) is 17.2 Å². The molecule has 1 N–H and O–H groups in total. The first-order valence-electron chi connectivity index (χ1n) is 6.54. The number of nitrogens with one attached hydrogen (secondary N) is 1. The minimum Gasteiger partial charge on any atom is -0.423 e. The summed E-state index contributed by atoms with van der Waals surface area (Å²) in [7, 11) is 1.63. The molecular weight excluding hydrogens is 278 g/mol. The number of aromatic nitrogens is 1. The second-order valence-corrected chi connectivity index (χ2v) is 4.94. The van der Waals surface area contributed by atoms with Gasteiger partial charge in [0.25, 0.3) is 11.7 Å². The summed E-state index contributed by atoms with van der Waals surface area (Å²) >= 11 is 0. The van der Waals surface area contributed by atoms with Crippen molar-refractivity contribution in [2.75, 3.05) is 32.2 Å². The summed E-state index contributed by atoms with van der Waals surface area (Å²) in [6, 6.07) is 4.85. The Morgan fingerprint density at radius 2 is 2.43 bits per heavy atom. The third kappa shape index (κ3) is 2.55. The molecule has 112 valence electrons. The largest absolute Gasteiger partial charge is 0.423 e. The van der Waals surface area contributed by atoms with Crippen molar-refractivity contribution >= 4 is 22.8 Å². The smallest absolute Gasteiger partial charge is 0.298 e. The van der Waals surface area contributed by atoms with E-state index in [0.717, 1.165) is 6.42 Å². The molecule has 0 aliphatic carbocycles. The van der Waals surface area contributed by atoms with Crippen LogP contribution in [-0.2, 0) is 9.47 Å². The van der Waals surface area contributed by atoms with E-state index in [9.17, 15) is 10.1 Å². The molecule has 3 rings (SSSR count). The Kier molecular flexibility index (Phi) is 3.48. The quantitative estimate of drug-likeness (QED) is 0.664. The van der Waals surface area contributed by atoms with E-state index < -0.39 is 10.5 Å². The summed E-state index contributed by atoms with van der Waals surface area (Å²) in [5.41, 5.74) is 0.127. The maximum atomic E-state index is 11.0. The first kappa shape index (κ1) is 13.8. The Balaban J connectivity index is 1.82. The first-order chi connectivity index (χ1) is 10.1. The van der Waals surface area contributed by atoms with Crippen LogP contribution in [0.3, 0.4) is 0 Å². The highest BCUT2D eigenvalue weighted by Crippen LogP contribution is 2.28. The summed E-state index contributed by atoms with van der Waals surface area (Å²) in [5, 5.41) is 14.0. The predicted octanol–water partition coefficient (Wildman–Crippen LogP) is 1.95. The molecule has 1 unspecified atom stereocenters. The number of para-hydroxylation sites is 1. The van der Waals surface area contributed by atoms with Crippen LogP contribution in [0, 0.1) is 10.1 Å². The number of anilines is 1. The molecule has 0 radical (unpaired) electrons. The van der Waals surface area contributed by atoms with Crippen molar-refractivity contribution in [1.29, 1.82) is 0 Å². The highest BCUT2D eigenvalue weighted by Gasteiger charge is 2.35. The van der Waals surface area contributed by atoms with E-state index >= 15 is 0 Å². The second kappa shape index (κ2) is 5.30. The van der Waals surface area contributed by atoms with E-state index in [4.69, 9.17) is 13.9 Å². The van der Waals surface area contributed by atoms with Gasteiger partial charge in [0.1, 0.15) is 5.60 Å². The molecule has 1 aromatic carbocycles. The molecule has 0 spiro atoms. The number of methoxy groups -OCH3 is 1. The molecule has 1 fully saturated rings. The highest BCUT2D eigenvalue weighted by atomic mass is 16.6. The van der Waals surface area contributed by atoms with Crippen molar-refractivity contribution < 1.29 is 18.8 Å². The highest BCUT2D eigenvalue weighted by molar-refractivity contribution is 5.83. The van der Waals surface area contributed by atoms with E-state index in [1.807, 2.05) is 0 Å². The Bertz CT molecular complexity index is 663. The van der Waals surface area contributed by atoms with Gasteiger partial charge in [-0.05, 0) is 6.07 Å². The van der Waals surface area contributed by atoms with Gasteiger partial charge in [-0.2, -0.15) is 4.98 Å². The predicted molar refractivity (Wildman–Crippen MR) is 74.3 cm³/mol. The Morgan fingerprint density at radius 3 is 3.10 bits per heavy atom. The van der Waals surface area contributed by atoms with Crippen LogP contribution >= 0.6 is 0 Å². The van der Waals surface area contributed by atoms with E-state index in [1.165, 1.54) is 6.07 Å². The van der Waals surface area contributed by atoms with Crippen molar-refractivity contribution in [2.45, 2.75) is 12.0 Å². The number of nitro groups is 1. The van der Waals surface area contributed by atoms with Crippen LogP contribution in [0.25, 0.3) is 11.1 Å². The van der Waals surface area contributed by atoms with Crippen LogP contribution in [-0.4, -0.2) is 42.4 Å². The summed E-state index contributed by atoms with van der Waals surface area (Å²) in [6.45, 7) is 1.61. The van der Waals surface area contributed by atoms with Crippen LogP contribution < -0.4 is 5.32 Å². The van der Waals surface area contributed by atoms with Crippen LogP contribution in [0.5, 0.6) is 0 Å². The molecule has 2 aromatic rings. The molecule has 1 aliphatic heterocycles.